The van der Waals surface area contributed by atoms with Gasteiger partial charge >= 0.3 is 257 Å². The van der Waals surface area contributed by atoms with E-state index >= 15 is 0 Å². The van der Waals surface area contributed by atoms with Gasteiger partial charge in [0.15, 0.2) is 0 Å². The summed E-state index contributed by atoms with van der Waals surface area (Å²) in [4.78, 5) is 20.2. The van der Waals surface area contributed by atoms with Gasteiger partial charge in [0.2, 0.25) is 0 Å². The van der Waals surface area contributed by atoms with E-state index in [2.05, 4.69) is 109 Å². The van der Waals surface area contributed by atoms with Gasteiger partial charge in [-0.05, 0) is 0 Å². The van der Waals surface area contributed by atoms with Gasteiger partial charge in [-0.15, -0.1) is 0 Å². The molecular formula is C38H58O2Sn. The number of rotatable bonds is 8. The first-order valence-corrected chi connectivity index (χ1v) is 25.5. The van der Waals surface area contributed by atoms with Crippen LogP contribution in [0.15, 0.2) is 36.4 Å². The van der Waals surface area contributed by atoms with Crippen molar-refractivity contribution in [1.82, 2.24) is 0 Å². The van der Waals surface area contributed by atoms with Crippen molar-refractivity contribution in [3.05, 3.63) is 69.8 Å². The Morgan fingerprint density at radius 3 is 2.07 bits per heavy atom. The van der Waals surface area contributed by atoms with Gasteiger partial charge in [0.1, 0.15) is 0 Å². The van der Waals surface area contributed by atoms with E-state index in [1.54, 1.807) is 0 Å². The van der Waals surface area contributed by atoms with E-state index < -0.39 is 22.0 Å². The van der Waals surface area contributed by atoms with Crippen molar-refractivity contribution in [2.24, 2.45) is 17.8 Å². The van der Waals surface area contributed by atoms with E-state index in [0.717, 1.165) is 47.8 Å². The van der Waals surface area contributed by atoms with E-state index in [9.17, 15) is 4.79 Å². The van der Waals surface area contributed by atoms with Gasteiger partial charge in [0, 0.05) is 0 Å². The predicted octanol–water partition coefficient (Wildman–Crippen LogP) is 11.2. The average Bonchev–Trinajstić information content (AvgIpc) is 2.91. The molecule has 41 heavy (non-hydrogen) atoms. The third-order valence-corrected chi connectivity index (χ3v) is 25.9. The number of esters is 1. The summed E-state index contributed by atoms with van der Waals surface area (Å²) in [6.07, 6.45) is 7.12. The monoisotopic (exact) mass is 666 g/mol. The summed E-state index contributed by atoms with van der Waals surface area (Å²) < 4.78 is 7.56. The Labute approximate surface area is 256 Å². The van der Waals surface area contributed by atoms with Gasteiger partial charge in [-0.2, -0.15) is 0 Å². The summed E-state index contributed by atoms with van der Waals surface area (Å²) in [6.45, 7) is 20.7. The molecule has 4 rings (SSSR count). The topological polar surface area (TPSA) is 26.3 Å². The number of ether oxygens (including phenoxy) is 1. The Kier molecular flexibility index (Phi) is 10.1. The Bertz CT molecular complexity index is 1190. The molecule has 1 fully saturated rings. The van der Waals surface area contributed by atoms with Crippen LogP contribution in [0.25, 0.3) is 0 Å². The van der Waals surface area contributed by atoms with Crippen molar-refractivity contribution in [2.75, 3.05) is 0 Å². The van der Waals surface area contributed by atoms with Gasteiger partial charge in [-0.3, -0.25) is 0 Å². The maximum absolute atomic E-state index is 14.9. The van der Waals surface area contributed by atoms with Crippen LogP contribution in [-0.4, -0.2) is 24.3 Å². The van der Waals surface area contributed by atoms with Gasteiger partial charge in [-0.1, -0.05) is 0 Å². The van der Waals surface area contributed by atoms with Crippen molar-refractivity contribution in [1.29, 1.82) is 0 Å². The fourth-order valence-electron chi connectivity index (χ4n) is 8.43. The second kappa shape index (κ2) is 12.7. The Morgan fingerprint density at radius 2 is 1.51 bits per heavy atom. The molecule has 1 saturated carbocycles. The van der Waals surface area contributed by atoms with E-state index in [1.165, 1.54) is 36.0 Å². The zero-order chi connectivity index (χ0) is 30.3. The zero-order valence-electron chi connectivity index (χ0n) is 28.1. The van der Waals surface area contributed by atoms with Crippen LogP contribution in [0.3, 0.4) is 0 Å². The minimum atomic E-state index is -3.26. The van der Waals surface area contributed by atoms with Crippen LogP contribution < -0.4 is 0 Å². The molecule has 0 amide bonds. The molecule has 226 valence electrons. The van der Waals surface area contributed by atoms with Crippen LogP contribution >= 0.6 is 0 Å². The quantitative estimate of drug-likeness (QED) is 0.207. The van der Waals surface area contributed by atoms with Crippen molar-refractivity contribution in [3.8, 4) is 0 Å². The first kappa shape index (κ1) is 32.6. The third-order valence-electron chi connectivity index (χ3n) is 11.0. The van der Waals surface area contributed by atoms with Crippen molar-refractivity contribution < 1.29 is 9.53 Å². The van der Waals surface area contributed by atoms with Crippen molar-refractivity contribution in [3.63, 3.8) is 0 Å². The van der Waals surface area contributed by atoms with Gasteiger partial charge in [0.05, 0.1) is 0 Å². The average molecular weight is 666 g/mol. The Morgan fingerprint density at radius 1 is 0.902 bits per heavy atom. The molecular weight excluding hydrogens is 607 g/mol. The molecule has 0 heterocycles. The molecule has 0 N–H and O–H groups in total. The Balaban J connectivity index is 1.92. The number of carbonyl (C=O) groups excluding carboxylic acids is 1. The summed E-state index contributed by atoms with van der Waals surface area (Å²) in [5.41, 5.74) is 7.23. The van der Waals surface area contributed by atoms with Crippen LogP contribution in [0.1, 0.15) is 150 Å². The number of hydrogen-bond acceptors (Lipinski definition) is 2. The van der Waals surface area contributed by atoms with Crippen molar-refractivity contribution >= 4 is 24.3 Å². The fourth-order valence-corrected chi connectivity index (χ4v) is 23.6. The van der Waals surface area contributed by atoms with Crippen LogP contribution in [0.2, 0.25) is 13.8 Å². The van der Waals surface area contributed by atoms with Gasteiger partial charge in [0.25, 0.3) is 0 Å². The van der Waals surface area contributed by atoms with E-state index in [4.69, 9.17) is 4.74 Å². The second-order valence-corrected chi connectivity index (χ2v) is 29.7. The number of benzene rings is 2. The van der Waals surface area contributed by atoms with E-state index in [1.807, 2.05) is 0 Å². The standard InChI is InChI=1S/C26H33O2.C10H19.2CH3.Sn/c1-16(2)20-14-22(17(3)4)25(23(15-20)18(5)6)26(27)28-24-13-9-11-19-10-7-8-12-21(19)24;1-8(2)10-6-4-9(3)5-7-10;;;/h7-8,10,12,14-18H,9,11,13H2,1-6H3;6,8-10H,4-5,7H2,1-3H3;2*1H3;/t;9-,10-;;;/m.0.../s1. The zero-order valence-corrected chi connectivity index (χ0v) is 30.9. The van der Waals surface area contributed by atoms with Crippen LogP contribution in [-0.2, 0) is 14.8 Å². The maximum atomic E-state index is 14.9. The Hall–Kier alpha value is -1.29. The first-order valence-electron chi connectivity index (χ1n) is 16.7. The van der Waals surface area contributed by atoms with Crippen molar-refractivity contribution in [2.45, 2.75) is 136 Å². The molecule has 2 nitrogen and oxygen atoms in total. The van der Waals surface area contributed by atoms with Gasteiger partial charge < -0.3 is 0 Å². The summed E-state index contributed by atoms with van der Waals surface area (Å²) >= 11 is -3.26. The summed E-state index contributed by atoms with van der Waals surface area (Å²) in [5, 5.41) is 0. The number of fused-ring (bicyclic) bond motifs is 1. The molecule has 2 aliphatic rings. The first-order chi connectivity index (χ1) is 19.2. The van der Waals surface area contributed by atoms with E-state index in [0.29, 0.717) is 15.8 Å². The summed E-state index contributed by atoms with van der Waals surface area (Å²) in [6, 6.07) is 13.6. The summed E-state index contributed by atoms with van der Waals surface area (Å²) in [7, 11) is 0. The molecule has 2 aromatic rings. The number of hydrogen-bond donors (Lipinski definition) is 0. The fraction of sp³-hybridized carbons (Fsp3) is 0.658. The van der Waals surface area contributed by atoms with Gasteiger partial charge in [-0.25, -0.2) is 0 Å². The van der Waals surface area contributed by atoms with Crippen LogP contribution in [0, 0.1) is 17.8 Å². The molecule has 0 radical (unpaired) electrons. The molecule has 0 unspecified atom stereocenters. The van der Waals surface area contributed by atoms with Crippen LogP contribution in [0.5, 0.6) is 0 Å². The molecule has 0 aromatic heterocycles. The molecule has 4 atom stereocenters. The second-order valence-electron chi connectivity index (χ2n) is 15.4. The molecule has 3 heteroatoms. The molecule has 0 saturated heterocycles. The molecule has 0 aliphatic heterocycles. The summed E-state index contributed by atoms with van der Waals surface area (Å²) in [5.74, 6) is 3.00. The number of aryl methyl sites for hydroxylation is 1. The minimum absolute atomic E-state index is 0.0702. The predicted molar refractivity (Wildman–Crippen MR) is 178 cm³/mol. The number of carbonyl (C=O) groups is 1. The normalized spacial score (nSPS) is 25.2. The van der Waals surface area contributed by atoms with E-state index in [-0.39, 0.29) is 17.8 Å². The molecule has 2 aromatic carbocycles. The van der Waals surface area contributed by atoms with Crippen LogP contribution in [0.4, 0.5) is 0 Å². The SMILES string of the molecule is CC(C)c1cc(C(C)C)c(C(=O)O[C@@]2([Sn]([CH3])([CH3])[C@@H]3C[C@H](C)CC[C@H]3C(C)C)CCCc3ccccc32)c(C(C)C)c1. The third kappa shape index (κ3) is 6.20. The molecule has 0 bridgehead atoms. The molecule has 0 spiro atoms. The molecule has 2 aliphatic carbocycles.